The lowest BCUT2D eigenvalue weighted by Gasteiger charge is -2.17. The molecule has 1 rings (SSSR count). The molecule has 0 radical (unpaired) electrons. The Morgan fingerprint density at radius 2 is 2.06 bits per heavy atom. The van der Waals surface area contributed by atoms with Crippen molar-refractivity contribution in [3.8, 4) is 0 Å². The summed E-state index contributed by atoms with van der Waals surface area (Å²) in [6.07, 6.45) is -0.385. The van der Waals surface area contributed by atoms with Crippen LogP contribution >= 0.6 is 0 Å². The topological polar surface area (TPSA) is 113 Å². The summed E-state index contributed by atoms with van der Waals surface area (Å²) >= 11 is 0. The zero-order valence-corrected chi connectivity index (χ0v) is 9.38. The fraction of sp³-hybridized carbons (Fsp3) is 0.700. The van der Waals surface area contributed by atoms with Crippen LogP contribution in [0.2, 0.25) is 0 Å². The van der Waals surface area contributed by atoms with Gasteiger partial charge in [-0.3, -0.25) is 9.59 Å². The van der Waals surface area contributed by atoms with E-state index in [-0.39, 0.29) is 6.10 Å². The van der Waals surface area contributed by atoms with Gasteiger partial charge < -0.3 is 20.3 Å². The van der Waals surface area contributed by atoms with E-state index < -0.39 is 36.2 Å². The van der Waals surface area contributed by atoms with Crippen molar-refractivity contribution in [1.82, 2.24) is 5.32 Å². The van der Waals surface area contributed by atoms with Crippen LogP contribution in [-0.4, -0.2) is 46.8 Å². The van der Waals surface area contributed by atoms with Crippen molar-refractivity contribution in [3.05, 3.63) is 0 Å². The van der Waals surface area contributed by atoms with Gasteiger partial charge in [0, 0.05) is 6.61 Å². The van der Waals surface area contributed by atoms with Crippen LogP contribution in [-0.2, 0) is 19.1 Å². The maximum Gasteiger partial charge on any atom is 0.326 e. The Labute approximate surface area is 97.8 Å². The molecule has 0 aromatic heterocycles. The summed E-state index contributed by atoms with van der Waals surface area (Å²) in [5.74, 6) is -3.50. The summed E-state index contributed by atoms with van der Waals surface area (Å²) in [7, 11) is 0. The largest absolute Gasteiger partial charge is 0.481 e. The summed E-state index contributed by atoms with van der Waals surface area (Å²) in [6, 6.07) is -1.40. The summed E-state index contributed by atoms with van der Waals surface area (Å²) in [4.78, 5) is 32.9. The van der Waals surface area contributed by atoms with Crippen LogP contribution in [0.25, 0.3) is 0 Å². The predicted molar refractivity (Wildman–Crippen MR) is 55.3 cm³/mol. The van der Waals surface area contributed by atoms with Gasteiger partial charge in [-0.25, -0.2) is 4.79 Å². The zero-order valence-electron chi connectivity index (χ0n) is 9.38. The van der Waals surface area contributed by atoms with Crippen LogP contribution in [0.1, 0.15) is 19.8 Å². The van der Waals surface area contributed by atoms with Gasteiger partial charge in [0.2, 0.25) is 5.91 Å². The molecule has 7 nitrogen and oxygen atoms in total. The van der Waals surface area contributed by atoms with Gasteiger partial charge in [-0.05, 0) is 13.3 Å². The first-order valence-electron chi connectivity index (χ1n) is 5.28. The van der Waals surface area contributed by atoms with E-state index in [0.717, 1.165) is 0 Å². The van der Waals surface area contributed by atoms with E-state index >= 15 is 0 Å². The van der Waals surface area contributed by atoms with Crippen molar-refractivity contribution in [3.63, 3.8) is 0 Å². The van der Waals surface area contributed by atoms with Gasteiger partial charge in [-0.15, -0.1) is 0 Å². The first kappa shape index (κ1) is 13.4. The Balaban J connectivity index is 2.57. The van der Waals surface area contributed by atoms with Gasteiger partial charge in [-0.1, -0.05) is 0 Å². The van der Waals surface area contributed by atoms with Crippen molar-refractivity contribution in [2.75, 3.05) is 6.61 Å². The fourth-order valence-corrected chi connectivity index (χ4v) is 1.73. The molecule has 1 amide bonds. The number of hydrogen-bond donors (Lipinski definition) is 3. The van der Waals surface area contributed by atoms with Gasteiger partial charge >= 0.3 is 11.9 Å². The number of rotatable bonds is 5. The lowest BCUT2D eigenvalue weighted by atomic mass is 10.0. The number of hydrogen-bond acceptors (Lipinski definition) is 4. The highest BCUT2D eigenvalue weighted by Gasteiger charge is 2.33. The molecule has 0 saturated carbocycles. The SMILES string of the molecule is CC1OCCC1C(=O)NC(CC(=O)O)C(=O)O. The van der Waals surface area contributed by atoms with E-state index in [9.17, 15) is 14.4 Å². The Morgan fingerprint density at radius 3 is 2.47 bits per heavy atom. The van der Waals surface area contributed by atoms with Crippen LogP contribution in [0.3, 0.4) is 0 Å². The monoisotopic (exact) mass is 245 g/mol. The normalized spacial score (nSPS) is 25.2. The maximum atomic E-state index is 11.7. The molecule has 1 saturated heterocycles. The number of carboxylic acids is 2. The Morgan fingerprint density at radius 1 is 1.41 bits per heavy atom. The lowest BCUT2D eigenvalue weighted by Crippen LogP contribution is -2.46. The highest BCUT2D eigenvalue weighted by molar-refractivity contribution is 5.88. The third-order valence-electron chi connectivity index (χ3n) is 2.71. The van der Waals surface area contributed by atoms with E-state index in [2.05, 4.69) is 5.32 Å². The number of aliphatic carboxylic acids is 2. The number of carbonyl (C=O) groups is 3. The third kappa shape index (κ3) is 3.70. The van der Waals surface area contributed by atoms with Crippen molar-refractivity contribution < 1.29 is 29.3 Å². The second-order valence-electron chi connectivity index (χ2n) is 3.97. The first-order valence-corrected chi connectivity index (χ1v) is 5.28. The van der Waals surface area contributed by atoms with E-state index in [0.29, 0.717) is 13.0 Å². The van der Waals surface area contributed by atoms with Crippen molar-refractivity contribution >= 4 is 17.8 Å². The molecular weight excluding hydrogens is 230 g/mol. The molecule has 17 heavy (non-hydrogen) atoms. The molecule has 1 aliphatic rings. The molecule has 1 heterocycles. The number of amides is 1. The molecule has 1 aliphatic heterocycles. The molecule has 0 aromatic rings. The summed E-state index contributed by atoms with van der Waals surface area (Å²) in [6.45, 7) is 2.18. The van der Waals surface area contributed by atoms with Crippen molar-refractivity contribution in [1.29, 1.82) is 0 Å². The second-order valence-corrected chi connectivity index (χ2v) is 3.97. The van der Waals surface area contributed by atoms with Gasteiger partial charge in [0.15, 0.2) is 0 Å². The predicted octanol–water partition coefficient (Wildman–Crippen LogP) is -0.544. The minimum absolute atomic E-state index is 0.269. The average Bonchev–Trinajstić information content (AvgIpc) is 2.62. The molecule has 96 valence electrons. The average molecular weight is 245 g/mol. The van der Waals surface area contributed by atoms with Gasteiger partial charge in [0.1, 0.15) is 6.04 Å². The van der Waals surface area contributed by atoms with E-state index in [1.807, 2.05) is 0 Å². The molecule has 3 unspecified atom stereocenters. The lowest BCUT2D eigenvalue weighted by molar-refractivity contribution is -0.147. The Bertz CT molecular complexity index is 329. The van der Waals surface area contributed by atoms with Crippen LogP contribution in [0.15, 0.2) is 0 Å². The molecule has 1 fully saturated rings. The Hall–Kier alpha value is -1.63. The zero-order chi connectivity index (χ0) is 13.0. The van der Waals surface area contributed by atoms with Crippen LogP contribution in [0.5, 0.6) is 0 Å². The number of ether oxygens (including phenoxy) is 1. The van der Waals surface area contributed by atoms with Gasteiger partial charge in [0.05, 0.1) is 18.4 Å². The highest BCUT2D eigenvalue weighted by atomic mass is 16.5. The first-order chi connectivity index (χ1) is 7.91. The van der Waals surface area contributed by atoms with Crippen molar-refractivity contribution in [2.45, 2.75) is 31.9 Å². The quantitative estimate of drug-likeness (QED) is 0.599. The maximum absolute atomic E-state index is 11.7. The van der Waals surface area contributed by atoms with Gasteiger partial charge in [0.25, 0.3) is 0 Å². The van der Waals surface area contributed by atoms with Crippen molar-refractivity contribution in [2.24, 2.45) is 5.92 Å². The Kier molecular flexibility index (Phi) is 4.45. The molecular formula is C10H15NO6. The second kappa shape index (κ2) is 5.62. The molecule has 0 aromatic carbocycles. The number of carbonyl (C=O) groups excluding carboxylic acids is 1. The highest BCUT2D eigenvalue weighted by Crippen LogP contribution is 2.20. The minimum atomic E-state index is -1.40. The van der Waals surface area contributed by atoms with Crippen LogP contribution < -0.4 is 5.32 Å². The fourth-order valence-electron chi connectivity index (χ4n) is 1.73. The number of nitrogens with one attached hydrogen (secondary N) is 1. The van der Waals surface area contributed by atoms with E-state index in [4.69, 9.17) is 14.9 Å². The summed E-state index contributed by atoms with van der Waals surface area (Å²) in [5.41, 5.74) is 0. The molecule has 0 bridgehead atoms. The molecule has 7 heteroatoms. The summed E-state index contributed by atoms with van der Waals surface area (Å²) < 4.78 is 5.19. The van der Waals surface area contributed by atoms with Crippen LogP contribution in [0, 0.1) is 5.92 Å². The van der Waals surface area contributed by atoms with E-state index in [1.165, 1.54) is 0 Å². The molecule has 3 N–H and O–H groups in total. The van der Waals surface area contributed by atoms with Crippen LogP contribution in [0.4, 0.5) is 0 Å². The smallest absolute Gasteiger partial charge is 0.326 e. The van der Waals surface area contributed by atoms with Gasteiger partial charge in [-0.2, -0.15) is 0 Å². The van der Waals surface area contributed by atoms with E-state index in [1.54, 1.807) is 6.92 Å². The molecule has 0 spiro atoms. The molecule has 3 atom stereocenters. The molecule has 0 aliphatic carbocycles. The standard InChI is InChI=1S/C10H15NO6/c1-5-6(2-3-17-5)9(14)11-7(10(15)16)4-8(12)13/h5-7H,2-4H2,1H3,(H,11,14)(H,12,13)(H,15,16). The summed E-state index contributed by atoms with van der Waals surface area (Å²) in [5, 5.41) is 19.5. The third-order valence-corrected chi connectivity index (χ3v) is 2.71. The number of carboxylic acid groups (broad SMARTS) is 2. The minimum Gasteiger partial charge on any atom is -0.481 e.